The highest BCUT2D eigenvalue weighted by Crippen LogP contribution is 2.29. The van der Waals surface area contributed by atoms with Crippen molar-refractivity contribution in [1.82, 2.24) is 29.1 Å². The Balaban J connectivity index is 1.68. The summed E-state index contributed by atoms with van der Waals surface area (Å²) in [4.78, 5) is 14.0. The van der Waals surface area contributed by atoms with E-state index >= 15 is 0 Å². The number of aromatic nitrogens is 6. The second-order valence-electron chi connectivity index (χ2n) is 6.69. The molecule has 8 heteroatoms. The minimum absolute atomic E-state index is 0.334. The van der Waals surface area contributed by atoms with Gasteiger partial charge < -0.3 is 9.30 Å². The summed E-state index contributed by atoms with van der Waals surface area (Å²) in [7, 11) is 0. The number of imidazole rings is 1. The van der Waals surface area contributed by atoms with Crippen LogP contribution in [0, 0.1) is 18.3 Å². The standard InChI is InChI=1S/C19H17N7O/c1-12-23-16-11-21-18(24-19(16)26(12)14-3-6-27-7-4-14)15-10-22-25-5-2-13(9-20)8-17(15)25/h2,5,8,10-11,14H,3-4,6-7H2,1H3. The molecule has 1 aliphatic rings. The van der Waals surface area contributed by atoms with E-state index in [1.165, 1.54) is 0 Å². The van der Waals surface area contributed by atoms with Gasteiger partial charge in [-0.15, -0.1) is 0 Å². The number of hydrogen-bond donors (Lipinski definition) is 0. The Kier molecular flexibility index (Phi) is 3.62. The van der Waals surface area contributed by atoms with Crippen molar-refractivity contribution in [1.29, 1.82) is 5.26 Å². The van der Waals surface area contributed by atoms with Gasteiger partial charge in [0.1, 0.15) is 11.3 Å². The van der Waals surface area contributed by atoms with Gasteiger partial charge in [-0.05, 0) is 31.9 Å². The summed E-state index contributed by atoms with van der Waals surface area (Å²) in [5, 5.41) is 13.5. The zero-order chi connectivity index (χ0) is 18.4. The Morgan fingerprint density at radius 2 is 2.07 bits per heavy atom. The third kappa shape index (κ3) is 2.55. The molecule has 0 radical (unpaired) electrons. The Morgan fingerprint density at radius 3 is 2.89 bits per heavy atom. The summed E-state index contributed by atoms with van der Waals surface area (Å²) < 4.78 is 9.43. The summed E-state index contributed by atoms with van der Waals surface area (Å²) in [5.41, 5.74) is 3.80. The summed E-state index contributed by atoms with van der Waals surface area (Å²) in [6.07, 6.45) is 7.17. The quantitative estimate of drug-likeness (QED) is 0.546. The maximum atomic E-state index is 9.19. The predicted octanol–water partition coefficient (Wildman–Crippen LogP) is 2.67. The van der Waals surface area contributed by atoms with Crippen LogP contribution in [0.25, 0.3) is 28.1 Å². The Labute approximate surface area is 155 Å². The fraction of sp³-hybridized carbons (Fsp3) is 0.316. The molecule has 0 saturated carbocycles. The molecule has 27 heavy (non-hydrogen) atoms. The zero-order valence-corrected chi connectivity index (χ0v) is 14.8. The molecule has 8 nitrogen and oxygen atoms in total. The van der Waals surface area contributed by atoms with Crippen LogP contribution in [0.4, 0.5) is 0 Å². The van der Waals surface area contributed by atoms with Crippen molar-refractivity contribution in [2.45, 2.75) is 25.8 Å². The van der Waals surface area contributed by atoms with Gasteiger partial charge in [0.15, 0.2) is 11.5 Å². The highest BCUT2D eigenvalue weighted by Gasteiger charge is 2.22. The van der Waals surface area contributed by atoms with Crippen molar-refractivity contribution in [3.05, 3.63) is 42.1 Å². The van der Waals surface area contributed by atoms with Gasteiger partial charge in [-0.2, -0.15) is 10.4 Å². The van der Waals surface area contributed by atoms with Gasteiger partial charge in [0.05, 0.1) is 35.1 Å². The van der Waals surface area contributed by atoms with Gasteiger partial charge in [0.25, 0.3) is 0 Å². The summed E-state index contributed by atoms with van der Waals surface area (Å²) in [6, 6.07) is 6.03. The molecule has 1 fully saturated rings. The third-order valence-corrected chi connectivity index (χ3v) is 5.06. The molecule has 0 aromatic carbocycles. The van der Waals surface area contributed by atoms with E-state index in [0.29, 0.717) is 17.4 Å². The average Bonchev–Trinajstić information content (AvgIpc) is 3.27. The first-order valence-electron chi connectivity index (χ1n) is 8.92. The van der Waals surface area contributed by atoms with Crippen LogP contribution in [-0.2, 0) is 4.74 Å². The number of nitriles is 1. The van der Waals surface area contributed by atoms with Crippen molar-refractivity contribution in [2.24, 2.45) is 0 Å². The predicted molar refractivity (Wildman–Crippen MR) is 98.1 cm³/mol. The van der Waals surface area contributed by atoms with Crippen LogP contribution in [0.15, 0.2) is 30.7 Å². The number of pyridine rings is 1. The SMILES string of the molecule is Cc1nc2cnc(-c3cnn4ccc(C#N)cc34)nc2n1C1CCOCC1. The van der Waals surface area contributed by atoms with E-state index in [1.54, 1.807) is 35.2 Å². The van der Waals surface area contributed by atoms with Crippen molar-refractivity contribution in [2.75, 3.05) is 13.2 Å². The molecule has 0 unspecified atom stereocenters. The van der Waals surface area contributed by atoms with Crippen LogP contribution in [0.2, 0.25) is 0 Å². The van der Waals surface area contributed by atoms with E-state index in [2.05, 4.69) is 25.7 Å². The number of nitrogens with zero attached hydrogens (tertiary/aromatic N) is 7. The molecule has 5 heterocycles. The number of hydrogen-bond acceptors (Lipinski definition) is 6. The van der Waals surface area contributed by atoms with Crippen LogP contribution in [0.1, 0.15) is 30.3 Å². The van der Waals surface area contributed by atoms with Gasteiger partial charge in [-0.1, -0.05) is 0 Å². The molecule has 4 aromatic heterocycles. The third-order valence-electron chi connectivity index (χ3n) is 5.06. The molecule has 0 amide bonds. The largest absolute Gasteiger partial charge is 0.381 e. The topological polar surface area (TPSA) is 93.9 Å². The van der Waals surface area contributed by atoms with Gasteiger partial charge in [0.2, 0.25) is 0 Å². The fourth-order valence-corrected chi connectivity index (χ4v) is 3.74. The van der Waals surface area contributed by atoms with E-state index in [-0.39, 0.29) is 0 Å². The Morgan fingerprint density at radius 1 is 1.22 bits per heavy atom. The molecular formula is C19H17N7O. The maximum Gasteiger partial charge on any atom is 0.165 e. The first-order valence-corrected chi connectivity index (χ1v) is 8.92. The molecule has 1 saturated heterocycles. The lowest BCUT2D eigenvalue weighted by Crippen LogP contribution is -2.20. The molecule has 0 N–H and O–H groups in total. The van der Waals surface area contributed by atoms with E-state index < -0.39 is 0 Å². The summed E-state index contributed by atoms with van der Waals surface area (Å²) in [6.45, 7) is 3.52. The molecule has 0 spiro atoms. The molecule has 1 aliphatic heterocycles. The van der Waals surface area contributed by atoms with E-state index in [4.69, 9.17) is 9.72 Å². The molecule has 4 aromatic rings. The molecule has 5 rings (SSSR count). The van der Waals surface area contributed by atoms with Crippen LogP contribution in [0.5, 0.6) is 0 Å². The lowest BCUT2D eigenvalue weighted by Gasteiger charge is -2.24. The molecule has 0 bridgehead atoms. The lowest BCUT2D eigenvalue weighted by atomic mass is 10.1. The fourth-order valence-electron chi connectivity index (χ4n) is 3.74. The van der Waals surface area contributed by atoms with Crippen LogP contribution in [-0.4, -0.2) is 42.3 Å². The first kappa shape index (κ1) is 15.9. The second kappa shape index (κ2) is 6.14. The van der Waals surface area contributed by atoms with Gasteiger partial charge in [-0.3, -0.25) is 0 Å². The zero-order valence-electron chi connectivity index (χ0n) is 14.8. The summed E-state index contributed by atoms with van der Waals surface area (Å²) in [5.74, 6) is 1.52. The van der Waals surface area contributed by atoms with Gasteiger partial charge >= 0.3 is 0 Å². The second-order valence-corrected chi connectivity index (χ2v) is 6.69. The van der Waals surface area contributed by atoms with Crippen LogP contribution < -0.4 is 0 Å². The van der Waals surface area contributed by atoms with Gasteiger partial charge in [0, 0.05) is 25.5 Å². The Hall–Kier alpha value is -3.31. The van der Waals surface area contributed by atoms with Crippen LogP contribution >= 0.6 is 0 Å². The van der Waals surface area contributed by atoms with Crippen molar-refractivity contribution < 1.29 is 4.74 Å². The van der Waals surface area contributed by atoms with Crippen LogP contribution in [0.3, 0.4) is 0 Å². The summed E-state index contributed by atoms with van der Waals surface area (Å²) >= 11 is 0. The monoisotopic (exact) mass is 359 g/mol. The Bertz CT molecular complexity index is 1190. The van der Waals surface area contributed by atoms with E-state index in [9.17, 15) is 5.26 Å². The highest BCUT2D eigenvalue weighted by atomic mass is 16.5. The number of aryl methyl sites for hydroxylation is 1. The highest BCUT2D eigenvalue weighted by molar-refractivity contribution is 5.80. The van der Waals surface area contributed by atoms with Crippen molar-refractivity contribution >= 4 is 16.7 Å². The number of ether oxygens (including phenoxy) is 1. The molecule has 0 aliphatic carbocycles. The molecule has 134 valence electrons. The van der Waals surface area contributed by atoms with E-state index in [0.717, 1.165) is 54.1 Å². The maximum absolute atomic E-state index is 9.19. The van der Waals surface area contributed by atoms with Crippen molar-refractivity contribution in [3.63, 3.8) is 0 Å². The minimum atomic E-state index is 0.334. The minimum Gasteiger partial charge on any atom is -0.381 e. The normalized spacial score (nSPS) is 15.4. The number of rotatable bonds is 2. The average molecular weight is 359 g/mol. The lowest BCUT2D eigenvalue weighted by molar-refractivity contribution is 0.0699. The molecule has 0 atom stereocenters. The van der Waals surface area contributed by atoms with Crippen molar-refractivity contribution in [3.8, 4) is 17.5 Å². The smallest absolute Gasteiger partial charge is 0.165 e. The van der Waals surface area contributed by atoms with E-state index in [1.807, 2.05) is 6.92 Å². The van der Waals surface area contributed by atoms with Gasteiger partial charge in [-0.25, -0.2) is 19.5 Å². The first-order chi connectivity index (χ1) is 13.2. The number of fused-ring (bicyclic) bond motifs is 2. The molecular weight excluding hydrogens is 342 g/mol.